The number of aliphatic imine (C=N–C) groups is 1. The third-order valence-electron chi connectivity index (χ3n) is 8.76. The zero-order valence-electron chi connectivity index (χ0n) is 27.2. The molecule has 4 N–H and O–H groups in total. The highest BCUT2D eigenvalue weighted by Crippen LogP contribution is 2.33. The Morgan fingerprint density at radius 3 is 1.65 bits per heavy atom. The fourth-order valence-corrected chi connectivity index (χ4v) is 6.05. The van der Waals surface area contributed by atoms with Gasteiger partial charge in [-0.15, -0.1) is 0 Å². The minimum absolute atomic E-state index is 0.0949. The Balaban J connectivity index is 1.20. The smallest absolute Gasteiger partial charge is 0.116 e. The Bertz CT molecular complexity index is 2040. The van der Waals surface area contributed by atoms with E-state index in [-0.39, 0.29) is 10.8 Å². The van der Waals surface area contributed by atoms with Gasteiger partial charge < -0.3 is 11.5 Å². The van der Waals surface area contributed by atoms with Gasteiger partial charge >= 0.3 is 0 Å². The summed E-state index contributed by atoms with van der Waals surface area (Å²) in [6.45, 7) is 11.9. The van der Waals surface area contributed by atoms with Gasteiger partial charge in [0, 0.05) is 34.9 Å². The first-order valence-electron chi connectivity index (χ1n) is 15.7. The maximum absolute atomic E-state index is 6.56. The average Bonchev–Trinajstić information content (AvgIpc) is 3.06. The van der Waals surface area contributed by atoms with Gasteiger partial charge in [0.2, 0.25) is 0 Å². The van der Waals surface area contributed by atoms with E-state index in [4.69, 9.17) is 16.5 Å². The lowest BCUT2D eigenvalue weighted by atomic mass is 9.80. The van der Waals surface area contributed by atoms with E-state index in [9.17, 15) is 0 Å². The molecule has 0 fully saturated rings. The molecule has 0 spiro atoms. The molecule has 232 valence electrons. The highest BCUT2D eigenvalue weighted by molar-refractivity contribution is 5.95. The summed E-state index contributed by atoms with van der Waals surface area (Å²) in [5, 5.41) is 2.01. The standard InChI is InChI=1S/C39H41N7/c1-38(2,3)29-16-12-25(13-17-29)35-32-11-7-9-28(37(32)46-24-44-35)22-42-33(41)20-39(4,5)30-18-14-26(15-19-30)34-31-10-6-8-27(21-40)36(31)45-23-43-34/h6-19,23-24H,20-22,40H2,1-5H3,(H2,41,42). The fourth-order valence-electron chi connectivity index (χ4n) is 6.05. The number of hydrogen-bond donors (Lipinski definition) is 2. The lowest BCUT2D eigenvalue weighted by Gasteiger charge is -2.25. The predicted molar refractivity (Wildman–Crippen MR) is 190 cm³/mol. The maximum Gasteiger partial charge on any atom is 0.116 e. The van der Waals surface area contributed by atoms with Crippen LogP contribution in [0, 0.1) is 0 Å². The lowest BCUT2D eigenvalue weighted by Crippen LogP contribution is -2.26. The Morgan fingerprint density at radius 2 is 1.13 bits per heavy atom. The summed E-state index contributed by atoms with van der Waals surface area (Å²) in [7, 11) is 0. The van der Waals surface area contributed by atoms with E-state index in [0.717, 1.165) is 55.4 Å². The average molecular weight is 608 g/mol. The predicted octanol–water partition coefficient (Wildman–Crippen LogP) is 7.89. The van der Waals surface area contributed by atoms with Crippen LogP contribution in [0.2, 0.25) is 0 Å². The summed E-state index contributed by atoms with van der Waals surface area (Å²) >= 11 is 0. The number of hydrogen-bond acceptors (Lipinski definition) is 6. The molecular weight excluding hydrogens is 566 g/mol. The van der Waals surface area contributed by atoms with Crippen LogP contribution >= 0.6 is 0 Å². The summed E-state index contributed by atoms with van der Waals surface area (Å²) in [5.41, 5.74) is 22.6. The van der Waals surface area contributed by atoms with E-state index in [1.54, 1.807) is 12.7 Å². The van der Waals surface area contributed by atoms with Gasteiger partial charge in [-0.25, -0.2) is 19.9 Å². The normalized spacial score (nSPS) is 12.6. The summed E-state index contributed by atoms with van der Waals surface area (Å²) in [6, 6.07) is 29.4. The van der Waals surface area contributed by atoms with Crippen molar-refractivity contribution in [1.29, 1.82) is 0 Å². The topological polar surface area (TPSA) is 116 Å². The Labute approximate surface area is 270 Å². The van der Waals surface area contributed by atoms with E-state index in [2.05, 4.69) is 115 Å². The highest BCUT2D eigenvalue weighted by atomic mass is 14.9. The second-order valence-corrected chi connectivity index (χ2v) is 13.5. The molecule has 0 amide bonds. The first-order chi connectivity index (χ1) is 22.0. The van der Waals surface area contributed by atoms with Crippen molar-refractivity contribution < 1.29 is 0 Å². The molecule has 6 rings (SSSR count). The van der Waals surface area contributed by atoms with Gasteiger partial charge in [-0.3, -0.25) is 4.99 Å². The molecule has 46 heavy (non-hydrogen) atoms. The minimum Gasteiger partial charge on any atom is -0.387 e. The zero-order valence-corrected chi connectivity index (χ0v) is 27.2. The second kappa shape index (κ2) is 12.4. The number of nitrogens with zero attached hydrogens (tertiary/aromatic N) is 5. The zero-order chi connectivity index (χ0) is 32.5. The van der Waals surface area contributed by atoms with Crippen molar-refractivity contribution >= 4 is 27.6 Å². The van der Waals surface area contributed by atoms with Crippen LogP contribution in [-0.2, 0) is 23.9 Å². The van der Waals surface area contributed by atoms with Crippen LogP contribution in [0.4, 0.5) is 0 Å². The van der Waals surface area contributed by atoms with Gasteiger partial charge in [-0.05, 0) is 33.1 Å². The van der Waals surface area contributed by atoms with Crippen molar-refractivity contribution in [3.63, 3.8) is 0 Å². The van der Waals surface area contributed by atoms with Crippen molar-refractivity contribution in [2.45, 2.75) is 65.0 Å². The molecular formula is C39H41N7. The number of para-hydroxylation sites is 2. The van der Waals surface area contributed by atoms with Crippen molar-refractivity contribution in [1.82, 2.24) is 19.9 Å². The number of amidine groups is 1. The molecule has 6 aromatic rings. The van der Waals surface area contributed by atoms with Gasteiger partial charge in [0.25, 0.3) is 0 Å². The molecule has 7 heteroatoms. The third-order valence-corrected chi connectivity index (χ3v) is 8.76. The van der Waals surface area contributed by atoms with E-state index >= 15 is 0 Å². The molecule has 0 saturated heterocycles. The molecule has 0 aliphatic carbocycles. The second-order valence-electron chi connectivity index (χ2n) is 13.5. The fraction of sp³-hybridized carbons (Fsp3) is 0.256. The van der Waals surface area contributed by atoms with E-state index in [0.29, 0.717) is 25.3 Å². The Morgan fingerprint density at radius 1 is 0.630 bits per heavy atom. The van der Waals surface area contributed by atoms with Gasteiger partial charge in [0.1, 0.15) is 12.7 Å². The Kier molecular flexibility index (Phi) is 8.36. The van der Waals surface area contributed by atoms with E-state index in [1.807, 2.05) is 24.3 Å². The number of rotatable bonds is 8. The monoisotopic (exact) mass is 607 g/mol. The highest BCUT2D eigenvalue weighted by Gasteiger charge is 2.23. The molecule has 0 bridgehead atoms. The Hall–Kier alpha value is -5.01. The quantitative estimate of drug-likeness (QED) is 0.134. The van der Waals surface area contributed by atoms with E-state index < -0.39 is 0 Å². The molecule has 0 atom stereocenters. The SMILES string of the molecule is CC(C)(C)c1ccc(-c2ncnc3c(CN=C(N)CC(C)(C)c4ccc(-c5ncnc6c(CN)cccc56)cc4)cccc23)cc1. The number of fused-ring (bicyclic) bond motifs is 2. The van der Waals surface area contributed by atoms with Gasteiger partial charge in [0.05, 0.1) is 34.8 Å². The van der Waals surface area contributed by atoms with Crippen molar-refractivity contribution in [3.8, 4) is 22.5 Å². The molecule has 2 heterocycles. The van der Waals surface area contributed by atoms with Crippen LogP contribution in [0.3, 0.4) is 0 Å². The van der Waals surface area contributed by atoms with Crippen LogP contribution in [0.15, 0.2) is 103 Å². The summed E-state index contributed by atoms with van der Waals surface area (Å²) < 4.78 is 0. The molecule has 2 aromatic heterocycles. The van der Waals surface area contributed by atoms with Gasteiger partial charge in [0.15, 0.2) is 0 Å². The summed E-state index contributed by atoms with van der Waals surface area (Å²) in [4.78, 5) is 23.2. The molecule has 0 unspecified atom stereocenters. The lowest BCUT2D eigenvalue weighted by molar-refractivity contribution is 0.547. The largest absolute Gasteiger partial charge is 0.387 e. The van der Waals surface area contributed by atoms with Crippen molar-refractivity contribution in [3.05, 3.63) is 120 Å². The molecule has 0 radical (unpaired) electrons. The molecule has 0 aliphatic heterocycles. The molecule has 0 saturated carbocycles. The number of nitrogens with two attached hydrogens (primary N) is 2. The van der Waals surface area contributed by atoms with Gasteiger partial charge in [-0.1, -0.05) is 120 Å². The maximum atomic E-state index is 6.56. The summed E-state index contributed by atoms with van der Waals surface area (Å²) in [5.74, 6) is 0.606. The number of benzene rings is 4. The van der Waals surface area contributed by atoms with Crippen molar-refractivity contribution in [2.24, 2.45) is 16.5 Å². The third kappa shape index (κ3) is 6.24. The summed E-state index contributed by atoms with van der Waals surface area (Å²) in [6.07, 6.45) is 3.87. The van der Waals surface area contributed by atoms with Crippen LogP contribution in [0.1, 0.15) is 63.3 Å². The minimum atomic E-state index is -0.222. The molecule has 4 aromatic carbocycles. The molecule has 0 aliphatic rings. The van der Waals surface area contributed by atoms with E-state index in [1.165, 1.54) is 11.1 Å². The number of aromatic nitrogens is 4. The van der Waals surface area contributed by atoms with Crippen LogP contribution in [0.5, 0.6) is 0 Å². The van der Waals surface area contributed by atoms with Crippen LogP contribution in [0.25, 0.3) is 44.3 Å². The van der Waals surface area contributed by atoms with Crippen LogP contribution in [-0.4, -0.2) is 25.8 Å². The van der Waals surface area contributed by atoms with Crippen LogP contribution < -0.4 is 11.5 Å². The van der Waals surface area contributed by atoms with Gasteiger partial charge in [-0.2, -0.15) is 0 Å². The first kappa shape index (κ1) is 31.0. The van der Waals surface area contributed by atoms with Crippen molar-refractivity contribution in [2.75, 3.05) is 0 Å². The first-order valence-corrected chi connectivity index (χ1v) is 15.7. The molecule has 7 nitrogen and oxygen atoms in total.